The Morgan fingerprint density at radius 2 is 1.92 bits per heavy atom. The number of fused-ring (bicyclic) bond motifs is 3. The number of nitrogens with zero attached hydrogens (tertiary/aromatic N) is 1. The minimum Gasteiger partial charge on any atom is -0.493 e. The number of nitrogens with one attached hydrogen (secondary N) is 2. The van der Waals surface area contributed by atoms with E-state index in [0.717, 1.165) is 32.1 Å². The van der Waals surface area contributed by atoms with Crippen molar-refractivity contribution in [3.8, 4) is 5.75 Å². The van der Waals surface area contributed by atoms with Crippen LogP contribution in [0.15, 0.2) is 42.5 Å². The van der Waals surface area contributed by atoms with Crippen molar-refractivity contribution in [1.29, 1.82) is 0 Å². The lowest BCUT2D eigenvalue weighted by Crippen LogP contribution is -2.44. The molecule has 192 valence electrons. The first kappa shape index (κ1) is 24.7. The monoisotopic (exact) mass is 493 g/mol. The van der Waals surface area contributed by atoms with Crippen molar-refractivity contribution in [2.45, 2.75) is 63.4 Å². The van der Waals surface area contributed by atoms with E-state index in [1.54, 1.807) is 18.2 Å². The fourth-order valence-corrected chi connectivity index (χ4v) is 5.54. The summed E-state index contributed by atoms with van der Waals surface area (Å²) in [4.78, 5) is 28.0. The van der Waals surface area contributed by atoms with Gasteiger partial charge in [0.05, 0.1) is 30.9 Å². The molecule has 3 unspecified atom stereocenters. The molecule has 2 fully saturated rings. The largest absolute Gasteiger partial charge is 0.493 e. The summed E-state index contributed by atoms with van der Waals surface area (Å²) in [7, 11) is 0. The van der Waals surface area contributed by atoms with Gasteiger partial charge < -0.3 is 30.1 Å². The van der Waals surface area contributed by atoms with Crippen molar-refractivity contribution in [2.24, 2.45) is 0 Å². The molecule has 2 bridgehead atoms. The molecule has 2 aromatic carbocycles. The smallest absolute Gasteiger partial charge is 0.256 e. The fraction of sp³-hybridized carbons (Fsp3) is 0.500. The maximum absolute atomic E-state index is 13.2. The number of rotatable bonds is 9. The zero-order valence-electron chi connectivity index (χ0n) is 20.7. The molecule has 1 aliphatic carbocycles. The Hall–Kier alpha value is -2.94. The summed E-state index contributed by atoms with van der Waals surface area (Å²) < 4.78 is 11.5. The molecule has 36 heavy (non-hydrogen) atoms. The molecule has 3 aliphatic rings. The van der Waals surface area contributed by atoms with E-state index >= 15 is 0 Å². The molecule has 0 radical (unpaired) electrons. The fourth-order valence-electron chi connectivity index (χ4n) is 5.54. The molecule has 2 amide bonds. The second kappa shape index (κ2) is 11.0. The molecule has 5 rings (SSSR count). The van der Waals surface area contributed by atoms with Crippen molar-refractivity contribution in [3.05, 3.63) is 64.7 Å². The van der Waals surface area contributed by atoms with E-state index in [1.807, 2.05) is 11.8 Å². The van der Waals surface area contributed by atoms with Gasteiger partial charge in [0.25, 0.3) is 11.8 Å². The minimum atomic E-state index is -0.719. The van der Waals surface area contributed by atoms with Crippen LogP contribution in [0.1, 0.15) is 58.0 Å². The zero-order chi connectivity index (χ0) is 25.1. The zero-order valence-corrected chi connectivity index (χ0v) is 20.7. The Kier molecular flexibility index (Phi) is 7.55. The van der Waals surface area contributed by atoms with Gasteiger partial charge in [-0.25, -0.2) is 0 Å². The number of piperidine rings is 1. The highest BCUT2D eigenvalue weighted by Crippen LogP contribution is 2.32. The van der Waals surface area contributed by atoms with E-state index in [2.05, 4.69) is 34.9 Å². The molecule has 2 saturated heterocycles. The van der Waals surface area contributed by atoms with Crippen molar-refractivity contribution in [2.75, 3.05) is 26.3 Å². The normalized spacial score (nSPS) is 21.8. The van der Waals surface area contributed by atoms with Gasteiger partial charge in [0.2, 0.25) is 0 Å². The Morgan fingerprint density at radius 3 is 2.64 bits per heavy atom. The third kappa shape index (κ3) is 5.26. The Morgan fingerprint density at radius 1 is 1.14 bits per heavy atom. The average molecular weight is 494 g/mol. The van der Waals surface area contributed by atoms with Crippen molar-refractivity contribution < 1.29 is 24.2 Å². The van der Waals surface area contributed by atoms with Crippen LogP contribution in [0.5, 0.6) is 5.75 Å². The second-order valence-corrected chi connectivity index (χ2v) is 9.88. The van der Waals surface area contributed by atoms with Gasteiger partial charge in [0.15, 0.2) is 0 Å². The lowest BCUT2D eigenvalue weighted by Gasteiger charge is -2.32. The van der Waals surface area contributed by atoms with Gasteiger partial charge in [-0.15, -0.1) is 0 Å². The summed E-state index contributed by atoms with van der Waals surface area (Å²) in [6, 6.07) is 13.7. The van der Waals surface area contributed by atoms with Crippen LogP contribution in [0, 0.1) is 0 Å². The van der Waals surface area contributed by atoms with E-state index in [0.29, 0.717) is 42.7 Å². The van der Waals surface area contributed by atoms with E-state index in [1.165, 1.54) is 11.1 Å². The summed E-state index contributed by atoms with van der Waals surface area (Å²) in [5.41, 5.74) is 3.53. The molecule has 2 aliphatic heterocycles. The summed E-state index contributed by atoms with van der Waals surface area (Å²) in [6.07, 6.45) is 3.88. The van der Waals surface area contributed by atoms with Gasteiger partial charge in [0.1, 0.15) is 12.0 Å². The number of hydrogen-bond acceptors (Lipinski definition) is 6. The molecule has 3 atom stereocenters. The summed E-state index contributed by atoms with van der Waals surface area (Å²) in [6.45, 7) is 3.30. The molecule has 0 aromatic heterocycles. The van der Waals surface area contributed by atoms with Crippen molar-refractivity contribution in [3.63, 3.8) is 0 Å². The SMILES string of the molecule is CCOc1cc(C(=O)N2C3CCCC2OC3)ccc1C(=O)NCC(O)CNC1Cc2ccccc2C1. The van der Waals surface area contributed by atoms with Crippen LogP contribution in [0.25, 0.3) is 0 Å². The number of carbonyl (C=O) groups excluding carboxylic acids is 2. The number of amides is 2. The first-order valence-electron chi connectivity index (χ1n) is 13.0. The number of hydrogen-bond donors (Lipinski definition) is 3. The topological polar surface area (TPSA) is 100 Å². The lowest BCUT2D eigenvalue weighted by molar-refractivity contribution is 0.0123. The van der Waals surface area contributed by atoms with E-state index in [4.69, 9.17) is 9.47 Å². The maximum atomic E-state index is 13.2. The minimum absolute atomic E-state index is 0.0920. The third-order valence-electron chi connectivity index (χ3n) is 7.37. The van der Waals surface area contributed by atoms with Gasteiger partial charge in [-0.1, -0.05) is 24.3 Å². The molecular weight excluding hydrogens is 458 g/mol. The first-order chi connectivity index (χ1) is 17.5. The highest BCUT2D eigenvalue weighted by atomic mass is 16.5. The molecule has 0 saturated carbocycles. The van der Waals surface area contributed by atoms with Crippen LogP contribution in [0.3, 0.4) is 0 Å². The van der Waals surface area contributed by atoms with Crippen LogP contribution < -0.4 is 15.4 Å². The van der Waals surface area contributed by atoms with Crippen LogP contribution in [-0.2, 0) is 17.6 Å². The van der Waals surface area contributed by atoms with Crippen LogP contribution >= 0.6 is 0 Å². The standard InChI is InChI=1S/C28H35N3O5/c1-2-35-25-14-20(28(34)31-22-8-5-9-26(31)36-17-22)10-11-24(25)27(33)30-16-23(32)15-29-21-12-18-6-3-4-7-19(18)13-21/h3-4,6-7,10-11,14,21-23,26,29,32H,2,5,8-9,12-13,15-17H2,1H3,(H,30,33). The number of aliphatic hydroxyl groups excluding tert-OH is 1. The van der Waals surface area contributed by atoms with Gasteiger partial charge in [-0.2, -0.15) is 0 Å². The number of aliphatic hydroxyl groups is 1. The van der Waals surface area contributed by atoms with Gasteiger partial charge in [0, 0.05) is 24.7 Å². The van der Waals surface area contributed by atoms with E-state index < -0.39 is 6.10 Å². The quantitative estimate of drug-likeness (QED) is 0.496. The lowest BCUT2D eigenvalue weighted by atomic mass is 10.0. The molecule has 8 nitrogen and oxygen atoms in total. The van der Waals surface area contributed by atoms with Crippen LogP contribution in [0.4, 0.5) is 0 Å². The predicted octanol–water partition coefficient (Wildman–Crippen LogP) is 2.28. The van der Waals surface area contributed by atoms with Gasteiger partial charge >= 0.3 is 0 Å². The molecule has 2 aromatic rings. The number of benzene rings is 2. The highest BCUT2D eigenvalue weighted by Gasteiger charge is 2.41. The predicted molar refractivity (Wildman–Crippen MR) is 135 cm³/mol. The third-order valence-corrected chi connectivity index (χ3v) is 7.37. The molecule has 8 heteroatoms. The molecule has 0 spiro atoms. The van der Waals surface area contributed by atoms with E-state index in [-0.39, 0.29) is 30.6 Å². The van der Waals surface area contributed by atoms with Crippen molar-refractivity contribution in [1.82, 2.24) is 15.5 Å². The Labute approximate surface area is 212 Å². The molecular formula is C28H35N3O5. The van der Waals surface area contributed by atoms with Gasteiger partial charge in [-0.05, 0) is 68.4 Å². The number of carbonyl (C=O) groups is 2. The summed E-state index contributed by atoms with van der Waals surface area (Å²) >= 11 is 0. The van der Waals surface area contributed by atoms with Crippen LogP contribution in [0.2, 0.25) is 0 Å². The Bertz CT molecular complexity index is 1070. The molecule has 3 N–H and O–H groups in total. The first-order valence-corrected chi connectivity index (χ1v) is 13.0. The Balaban J connectivity index is 1.16. The number of ether oxygens (including phenoxy) is 2. The van der Waals surface area contributed by atoms with Crippen molar-refractivity contribution >= 4 is 11.8 Å². The maximum Gasteiger partial charge on any atom is 0.256 e. The second-order valence-electron chi connectivity index (χ2n) is 9.88. The molecule has 2 heterocycles. The average Bonchev–Trinajstić information content (AvgIpc) is 3.42. The summed E-state index contributed by atoms with van der Waals surface area (Å²) in [5.74, 6) is -0.0701. The van der Waals surface area contributed by atoms with Gasteiger partial charge in [-0.3, -0.25) is 9.59 Å². The summed E-state index contributed by atoms with van der Waals surface area (Å²) in [5, 5.41) is 16.7. The van der Waals surface area contributed by atoms with E-state index in [9.17, 15) is 14.7 Å². The highest BCUT2D eigenvalue weighted by molar-refractivity contribution is 6.00. The van der Waals surface area contributed by atoms with Crippen LogP contribution in [-0.4, -0.2) is 72.5 Å².